The summed E-state index contributed by atoms with van der Waals surface area (Å²) in [6.45, 7) is 1.45. The van der Waals surface area contributed by atoms with E-state index in [0.717, 1.165) is 26.1 Å². The molecule has 5 atom stereocenters. The zero-order valence-corrected chi connectivity index (χ0v) is 11.5. The molecule has 4 aliphatic rings. The van der Waals surface area contributed by atoms with E-state index in [-0.39, 0.29) is 12.2 Å². The quantitative estimate of drug-likeness (QED) is 0.677. The average molecular weight is 268 g/mol. The maximum absolute atomic E-state index is 6.10. The molecule has 0 N–H and O–H groups in total. The first-order valence-corrected chi connectivity index (χ1v) is 7.98. The van der Waals surface area contributed by atoms with E-state index in [1.165, 1.54) is 38.5 Å². The standard InChI is InChI=1S/C15H24O4/c1-3-7-13-11(5-1)9-16-15(18-13)17-10-12-6-2-4-8-14(12)19-15/h11-14H,1-10H2/t11-,12?,13+,14?,15?/m0/s1. The van der Waals surface area contributed by atoms with E-state index in [2.05, 4.69) is 0 Å². The molecule has 4 fully saturated rings. The molecule has 0 aromatic carbocycles. The summed E-state index contributed by atoms with van der Waals surface area (Å²) in [4.78, 5) is 0. The summed E-state index contributed by atoms with van der Waals surface area (Å²) < 4.78 is 23.9. The maximum atomic E-state index is 6.10. The van der Waals surface area contributed by atoms with Gasteiger partial charge in [-0.2, -0.15) is 0 Å². The first kappa shape index (κ1) is 12.6. The summed E-state index contributed by atoms with van der Waals surface area (Å²) in [6, 6.07) is 0. The maximum Gasteiger partial charge on any atom is 0.413 e. The van der Waals surface area contributed by atoms with Gasteiger partial charge in [0.2, 0.25) is 0 Å². The third kappa shape index (κ3) is 2.33. The van der Waals surface area contributed by atoms with E-state index >= 15 is 0 Å². The summed E-state index contributed by atoms with van der Waals surface area (Å²) in [7, 11) is 0. The Labute approximate surface area is 114 Å². The third-order valence-corrected chi connectivity index (χ3v) is 5.22. The molecule has 2 heterocycles. The van der Waals surface area contributed by atoms with Gasteiger partial charge >= 0.3 is 6.16 Å². The fourth-order valence-electron chi connectivity index (χ4n) is 4.03. The number of fused-ring (bicyclic) bond motifs is 2. The number of ether oxygens (including phenoxy) is 4. The fraction of sp³-hybridized carbons (Fsp3) is 1.00. The van der Waals surface area contributed by atoms with E-state index in [9.17, 15) is 0 Å². The lowest BCUT2D eigenvalue weighted by Crippen LogP contribution is -2.59. The molecule has 108 valence electrons. The summed E-state index contributed by atoms with van der Waals surface area (Å²) in [5.41, 5.74) is 0. The predicted octanol–water partition coefficient (Wildman–Crippen LogP) is 2.81. The van der Waals surface area contributed by atoms with Gasteiger partial charge in [-0.25, -0.2) is 0 Å². The van der Waals surface area contributed by atoms with Gasteiger partial charge in [-0.1, -0.05) is 25.7 Å². The van der Waals surface area contributed by atoms with Crippen LogP contribution < -0.4 is 0 Å². The normalized spacial score (nSPS) is 50.5. The molecule has 0 bridgehead atoms. The van der Waals surface area contributed by atoms with Crippen molar-refractivity contribution in [2.24, 2.45) is 11.8 Å². The van der Waals surface area contributed by atoms with E-state index < -0.39 is 6.16 Å². The molecule has 4 rings (SSSR count). The van der Waals surface area contributed by atoms with Gasteiger partial charge in [0.25, 0.3) is 0 Å². The fourth-order valence-corrected chi connectivity index (χ4v) is 4.03. The average Bonchev–Trinajstić information content (AvgIpc) is 2.47. The lowest BCUT2D eigenvalue weighted by molar-refractivity contribution is -0.559. The first-order valence-electron chi connectivity index (χ1n) is 7.98. The van der Waals surface area contributed by atoms with Crippen LogP contribution in [0.1, 0.15) is 51.4 Å². The Balaban J connectivity index is 1.45. The van der Waals surface area contributed by atoms with Gasteiger partial charge in [-0.3, -0.25) is 9.47 Å². The van der Waals surface area contributed by atoms with Gasteiger partial charge < -0.3 is 9.47 Å². The van der Waals surface area contributed by atoms with Gasteiger partial charge in [0, 0.05) is 11.8 Å². The second-order valence-corrected chi connectivity index (χ2v) is 6.52. The lowest BCUT2D eigenvalue weighted by Gasteiger charge is -2.50. The topological polar surface area (TPSA) is 36.9 Å². The lowest BCUT2D eigenvalue weighted by atomic mass is 9.86. The summed E-state index contributed by atoms with van der Waals surface area (Å²) in [5.74, 6) is 1.08. The van der Waals surface area contributed by atoms with Gasteiger partial charge in [0.1, 0.15) is 0 Å². The van der Waals surface area contributed by atoms with Crippen LogP contribution in [0.2, 0.25) is 0 Å². The Morgan fingerprint density at radius 2 is 1.11 bits per heavy atom. The molecular formula is C15H24O4. The second kappa shape index (κ2) is 4.99. The first-order chi connectivity index (χ1) is 9.35. The Bertz CT molecular complexity index is 300. The van der Waals surface area contributed by atoms with Crippen molar-refractivity contribution in [1.82, 2.24) is 0 Å². The van der Waals surface area contributed by atoms with E-state index in [1.807, 2.05) is 0 Å². The van der Waals surface area contributed by atoms with Crippen molar-refractivity contribution in [3.05, 3.63) is 0 Å². The number of hydrogen-bond acceptors (Lipinski definition) is 4. The molecule has 0 radical (unpaired) electrons. The van der Waals surface area contributed by atoms with Crippen molar-refractivity contribution < 1.29 is 18.9 Å². The summed E-state index contributed by atoms with van der Waals surface area (Å²) in [6.07, 6.45) is 9.14. The molecule has 2 aliphatic carbocycles. The molecule has 4 heteroatoms. The number of hydrogen-bond donors (Lipinski definition) is 0. The molecule has 0 aromatic heterocycles. The largest absolute Gasteiger partial charge is 0.413 e. The minimum atomic E-state index is -1.17. The van der Waals surface area contributed by atoms with Crippen LogP contribution in [-0.4, -0.2) is 31.6 Å². The summed E-state index contributed by atoms with van der Waals surface area (Å²) in [5, 5.41) is 0. The molecule has 0 amide bonds. The van der Waals surface area contributed by atoms with Crippen LogP contribution in [0.5, 0.6) is 0 Å². The van der Waals surface area contributed by atoms with Crippen molar-refractivity contribution >= 4 is 0 Å². The minimum Gasteiger partial charge on any atom is -0.303 e. The van der Waals surface area contributed by atoms with E-state index in [0.29, 0.717) is 11.8 Å². The molecule has 4 nitrogen and oxygen atoms in total. The molecule has 1 spiro atoms. The predicted molar refractivity (Wildman–Crippen MR) is 68.3 cm³/mol. The monoisotopic (exact) mass is 268 g/mol. The van der Waals surface area contributed by atoms with Crippen LogP contribution in [0, 0.1) is 11.8 Å². The second-order valence-electron chi connectivity index (χ2n) is 6.52. The zero-order chi connectivity index (χ0) is 12.7. The van der Waals surface area contributed by atoms with Crippen molar-refractivity contribution in [2.75, 3.05) is 13.2 Å². The van der Waals surface area contributed by atoms with Crippen molar-refractivity contribution in [2.45, 2.75) is 69.7 Å². The van der Waals surface area contributed by atoms with Crippen LogP contribution in [0.15, 0.2) is 0 Å². The van der Waals surface area contributed by atoms with Crippen molar-refractivity contribution in [3.63, 3.8) is 0 Å². The number of rotatable bonds is 0. The van der Waals surface area contributed by atoms with Crippen molar-refractivity contribution in [1.29, 1.82) is 0 Å². The SMILES string of the molecule is C1CCC2OC3(OCC2C1)OC[C@@H]1CCCC[C@H]1O3. The summed E-state index contributed by atoms with van der Waals surface area (Å²) >= 11 is 0. The van der Waals surface area contributed by atoms with Crippen LogP contribution in [-0.2, 0) is 18.9 Å². The van der Waals surface area contributed by atoms with E-state index in [1.54, 1.807) is 0 Å². The van der Waals surface area contributed by atoms with Crippen LogP contribution in [0.3, 0.4) is 0 Å². The molecule has 2 aliphatic heterocycles. The highest BCUT2D eigenvalue weighted by molar-refractivity contribution is 4.83. The molecule has 2 saturated carbocycles. The van der Waals surface area contributed by atoms with Crippen LogP contribution in [0.25, 0.3) is 0 Å². The highest BCUT2D eigenvalue weighted by Gasteiger charge is 2.52. The molecule has 19 heavy (non-hydrogen) atoms. The third-order valence-electron chi connectivity index (χ3n) is 5.22. The van der Waals surface area contributed by atoms with Gasteiger partial charge in [0.05, 0.1) is 25.4 Å². The highest BCUT2D eigenvalue weighted by Crippen LogP contribution is 2.42. The van der Waals surface area contributed by atoms with Gasteiger partial charge in [0.15, 0.2) is 0 Å². The smallest absolute Gasteiger partial charge is 0.303 e. The Hall–Kier alpha value is -0.160. The highest BCUT2D eigenvalue weighted by atomic mass is 17.0. The molecular weight excluding hydrogens is 244 g/mol. The van der Waals surface area contributed by atoms with Crippen molar-refractivity contribution in [3.8, 4) is 0 Å². The Kier molecular flexibility index (Phi) is 3.30. The van der Waals surface area contributed by atoms with Crippen LogP contribution >= 0.6 is 0 Å². The zero-order valence-electron chi connectivity index (χ0n) is 11.5. The molecule has 0 aromatic rings. The molecule has 2 saturated heterocycles. The minimum absolute atomic E-state index is 0.266. The van der Waals surface area contributed by atoms with Gasteiger partial charge in [-0.05, 0) is 25.7 Å². The van der Waals surface area contributed by atoms with Crippen LogP contribution in [0.4, 0.5) is 0 Å². The van der Waals surface area contributed by atoms with Gasteiger partial charge in [-0.15, -0.1) is 0 Å². The molecule has 3 unspecified atom stereocenters. The Morgan fingerprint density at radius 1 is 0.632 bits per heavy atom. The Morgan fingerprint density at radius 3 is 1.63 bits per heavy atom. The van der Waals surface area contributed by atoms with E-state index in [4.69, 9.17) is 18.9 Å².